The summed E-state index contributed by atoms with van der Waals surface area (Å²) in [5.41, 5.74) is 0.573. The molecule has 0 aliphatic heterocycles. The van der Waals surface area contributed by atoms with Crippen molar-refractivity contribution in [2.24, 2.45) is 7.05 Å². The van der Waals surface area contributed by atoms with Crippen molar-refractivity contribution < 1.29 is 19.0 Å². The van der Waals surface area contributed by atoms with E-state index in [4.69, 9.17) is 21.1 Å². The number of nitrogens with zero attached hydrogens (tertiary/aromatic N) is 4. The highest BCUT2D eigenvalue weighted by atomic mass is 35.5. The van der Waals surface area contributed by atoms with Crippen LogP contribution in [0.15, 0.2) is 43.0 Å². The Morgan fingerprint density at radius 1 is 1.16 bits per heavy atom. The maximum atomic E-state index is 14.3. The zero-order valence-corrected chi connectivity index (χ0v) is 17.7. The number of rotatable bonds is 6. The summed E-state index contributed by atoms with van der Waals surface area (Å²) < 4.78 is 27.7. The van der Waals surface area contributed by atoms with Gasteiger partial charge in [0.15, 0.2) is 17.6 Å². The highest BCUT2D eigenvalue weighted by molar-refractivity contribution is 6.32. The van der Waals surface area contributed by atoms with E-state index in [2.05, 4.69) is 20.3 Å². The average molecular weight is 444 g/mol. The molecule has 4 aromatic rings. The summed E-state index contributed by atoms with van der Waals surface area (Å²) in [6.45, 7) is 1.88. The molecule has 4 rings (SSSR count). The number of aromatic hydroxyl groups is 1. The molecule has 31 heavy (non-hydrogen) atoms. The van der Waals surface area contributed by atoms with E-state index in [9.17, 15) is 9.50 Å². The minimum atomic E-state index is -0.634. The summed E-state index contributed by atoms with van der Waals surface area (Å²) >= 11 is 5.75. The fourth-order valence-electron chi connectivity index (χ4n) is 3.19. The molecule has 0 fully saturated rings. The molecule has 0 saturated heterocycles. The van der Waals surface area contributed by atoms with E-state index in [1.165, 1.54) is 19.5 Å². The topological polar surface area (TPSA) is 94.3 Å². The summed E-state index contributed by atoms with van der Waals surface area (Å²) in [7, 11) is 3.41. The van der Waals surface area contributed by atoms with Crippen LogP contribution in [0, 0.1) is 5.82 Å². The van der Waals surface area contributed by atoms with Crippen LogP contribution in [0.2, 0.25) is 5.02 Å². The van der Waals surface area contributed by atoms with Gasteiger partial charge in [0.25, 0.3) is 0 Å². The maximum absolute atomic E-state index is 14.3. The van der Waals surface area contributed by atoms with Crippen molar-refractivity contribution in [3.8, 4) is 17.2 Å². The largest absolute Gasteiger partial charge is 0.506 e. The number of hydrogen-bond donors (Lipinski definition) is 2. The number of aryl methyl sites for hydroxylation is 1. The minimum Gasteiger partial charge on any atom is -0.506 e. The lowest BCUT2D eigenvalue weighted by atomic mass is 10.2. The lowest BCUT2D eigenvalue weighted by Gasteiger charge is -2.18. The van der Waals surface area contributed by atoms with Gasteiger partial charge in [-0.25, -0.2) is 19.3 Å². The second kappa shape index (κ2) is 8.27. The van der Waals surface area contributed by atoms with Gasteiger partial charge >= 0.3 is 0 Å². The first kappa shape index (κ1) is 20.7. The molecule has 2 aromatic heterocycles. The summed E-state index contributed by atoms with van der Waals surface area (Å²) in [6, 6.07) is 5.63. The Bertz CT molecular complexity index is 1260. The van der Waals surface area contributed by atoms with Gasteiger partial charge in [0, 0.05) is 37.0 Å². The van der Waals surface area contributed by atoms with Gasteiger partial charge in [-0.1, -0.05) is 11.6 Å². The Morgan fingerprint density at radius 2 is 1.97 bits per heavy atom. The molecule has 1 atom stereocenters. The van der Waals surface area contributed by atoms with E-state index >= 15 is 0 Å². The number of phenolic OH excluding ortho intramolecular Hbond substituents is 1. The third-order valence-electron chi connectivity index (χ3n) is 4.74. The van der Waals surface area contributed by atoms with E-state index in [1.807, 2.05) is 24.7 Å². The van der Waals surface area contributed by atoms with Crippen LogP contribution in [0.4, 0.5) is 15.9 Å². The molecule has 1 unspecified atom stereocenters. The molecule has 8 nitrogen and oxygen atoms in total. The number of hydrogen-bond acceptors (Lipinski definition) is 7. The first-order valence-corrected chi connectivity index (χ1v) is 9.66. The number of anilines is 2. The van der Waals surface area contributed by atoms with Crippen LogP contribution in [0.1, 0.15) is 18.9 Å². The second-order valence-electron chi connectivity index (χ2n) is 6.81. The van der Waals surface area contributed by atoms with E-state index in [-0.39, 0.29) is 22.6 Å². The smallest absolute Gasteiger partial charge is 0.164 e. The van der Waals surface area contributed by atoms with Crippen LogP contribution in [0.5, 0.6) is 17.2 Å². The lowest BCUT2D eigenvalue weighted by Crippen LogP contribution is -2.10. The van der Waals surface area contributed by atoms with Gasteiger partial charge in [0.1, 0.15) is 29.5 Å². The number of phenols is 1. The molecule has 0 aliphatic rings. The van der Waals surface area contributed by atoms with E-state index in [0.29, 0.717) is 28.2 Å². The molecule has 0 saturated carbocycles. The highest BCUT2D eigenvalue weighted by Gasteiger charge is 2.18. The van der Waals surface area contributed by atoms with E-state index < -0.39 is 5.82 Å². The van der Waals surface area contributed by atoms with Crippen LogP contribution < -0.4 is 14.8 Å². The minimum absolute atomic E-state index is 0.0181. The standard InChI is InChI=1S/C21H19ClFN5O3/c1-11(21-24-4-5-28(21)2)31-19-9-15-12(6-18(19)30-3)20(26-10-25-15)27-16-8-17(29)13(22)7-14(16)23/h4-11,29H,1-3H3,(H,25,26,27). The zero-order valence-electron chi connectivity index (χ0n) is 16.9. The fraction of sp³-hybridized carbons (Fsp3) is 0.190. The fourth-order valence-corrected chi connectivity index (χ4v) is 3.34. The molecule has 0 radical (unpaired) electrons. The van der Waals surface area contributed by atoms with Crippen LogP contribution >= 0.6 is 11.6 Å². The van der Waals surface area contributed by atoms with Crippen molar-refractivity contribution in [2.75, 3.05) is 12.4 Å². The Morgan fingerprint density at radius 3 is 2.68 bits per heavy atom. The molecule has 2 heterocycles. The van der Waals surface area contributed by atoms with Crippen molar-refractivity contribution in [3.63, 3.8) is 0 Å². The Labute approximate surface area is 182 Å². The van der Waals surface area contributed by atoms with E-state index in [1.54, 1.807) is 18.3 Å². The molecule has 0 spiro atoms. The van der Waals surface area contributed by atoms with Gasteiger partial charge in [-0.05, 0) is 19.1 Å². The SMILES string of the molecule is COc1cc2c(Nc3cc(O)c(Cl)cc3F)ncnc2cc1OC(C)c1nccn1C. The van der Waals surface area contributed by atoms with Gasteiger partial charge in [-0.15, -0.1) is 0 Å². The Hall–Kier alpha value is -3.59. The summed E-state index contributed by atoms with van der Waals surface area (Å²) in [5.74, 6) is 1.12. The highest BCUT2D eigenvalue weighted by Crippen LogP contribution is 2.37. The first-order valence-electron chi connectivity index (χ1n) is 9.29. The third kappa shape index (κ3) is 4.04. The van der Waals surface area contributed by atoms with Gasteiger partial charge in [0.05, 0.1) is 23.3 Å². The third-order valence-corrected chi connectivity index (χ3v) is 5.04. The van der Waals surface area contributed by atoms with Crippen molar-refractivity contribution in [1.29, 1.82) is 0 Å². The first-order chi connectivity index (χ1) is 14.9. The number of aromatic nitrogens is 4. The lowest BCUT2D eigenvalue weighted by molar-refractivity contribution is 0.203. The molecule has 0 bridgehead atoms. The number of methoxy groups -OCH3 is 1. The summed E-state index contributed by atoms with van der Waals surface area (Å²) in [6.07, 6.45) is 4.55. The van der Waals surface area contributed by atoms with Crippen molar-refractivity contribution >= 4 is 34.0 Å². The Kier molecular flexibility index (Phi) is 5.51. The zero-order chi connectivity index (χ0) is 22.1. The molecule has 160 valence electrons. The molecule has 10 heteroatoms. The second-order valence-corrected chi connectivity index (χ2v) is 7.21. The predicted molar refractivity (Wildman–Crippen MR) is 115 cm³/mol. The number of benzene rings is 2. The maximum Gasteiger partial charge on any atom is 0.164 e. The quantitative estimate of drug-likeness (QED) is 0.444. The van der Waals surface area contributed by atoms with Crippen molar-refractivity contribution in [1.82, 2.24) is 19.5 Å². The molecule has 0 amide bonds. The number of nitrogens with one attached hydrogen (secondary N) is 1. The number of halogens is 2. The Balaban J connectivity index is 1.72. The van der Waals surface area contributed by atoms with Crippen molar-refractivity contribution in [2.45, 2.75) is 13.0 Å². The molecule has 2 aromatic carbocycles. The van der Waals surface area contributed by atoms with Crippen LogP contribution in [-0.4, -0.2) is 31.7 Å². The molecular weight excluding hydrogens is 425 g/mol. The normalized spacial score (nSPS) is 12.0. The van der Waals surface area contributed by atoms with Gasteiger partial charge in [-0.3, -0.25) is 0 Å². The molecular formula is C21H19ClFN5O3. The summed E-state index contributed by atoms with van der Waals surface area (Å²) in [4.78, 5) is 12.8. The average Bonchev–Trinajstić information content (AvgIpc) is 3.17. The monoisotopic (exact) mass is 443 g/mol. The van der Waals surface area contributed by atoms with Crippen molar-refractivity contribution in [3.05, 3.63) is 59.7 Å². The number of ether oxygens (including phenoxy) is 2. The van der Waals surface area contributed by atoms with Gasteiger partial charge < -0.3 is 24.5 Å². The van der Waals surface area contributed by atoms with Gasteiger partial charge in [0.2, 0.25) is 0 Å². The number of fused-ring (bicyclic) bond motifs is 1. The van der Waals surface area contributed by atoms with Crippen LogP contribution in [-0.2, 0) is 7.05 Å². The van der Waals surface area contributed by atoms with E-state index in [0.717, 1.165) is 11.9 Å². The molecule has 2 N–H and O–H groups in total. The number of imidazole rings is 1. The molecule has 0 aliphatic carbocycles. The van der Waals surface area contributed by atoms with Crippen LogP contribution in [0.3, 0.4) is 0 Å². The predicted octanol–water partition coefficient (Wildman–Crippen LogP) is 4.75. The van der Waals surface area contributed by atoms with Crippen LogP contribution in [0.25, 0.3) is 10.9 Å². The summed E-state index contributed by atoms with van der Waals surface area (Å²) in [5, 5.41) is 13.2. The van der Waals surface area contributed by atoms with Gasteiger partial charge in [-0.2, -0.15) is 0 Å².